The summed E-state index contributed by atoms with van der Waals surface area (Å²) in [6.07, 6.45) is 0. The number of nitrogens with zero attached hydrogens (tertiary/aromatic N) is 1. The average Bonchev–Trinajstić information content (AvgIpc) is 2.26. The maximum absolute atomic E-state index is 12.9. The van der Waals surface area contributed by atoms with Crippen LogP contribution in [0.2, 0.25) is 0 Å². The maximum atomic E-state index is 12.9. The molecule has 0 aromatic heterocycles. The number of esters is 1. The maximum Gasteiger partial charge on any atom is 0.320 e. The Labute approximate surface area is 114 Å². The van der Waals surface area contributed by atoms with E-state index in [4.69, 9.17) is 4.74 Å². The molecule has 106 valence electrons. The monoisotopic (exact) mass is 267 g/mol. The topological polar surface area (TPSA) is 29.5 Å². The zero-order valence-electron chi connectivity index (χ0n) is 12.2. The molecule has 1 aromatic carbocycles. The first-order chi connectivity index (χ1) is 8.69. The van der Waals surface area contributed by atoms with Crippen LogP contribution < -0.4 is 0 Å². The molecule has 0 spiro atoms. The summed E-state index contributed by atoms with van der Waals surface area (Å²) in [7, 11) is 1.85. The summed E-state index contributed by atoms with van der Waals surface area (Å²) in [5, 5.41) is 0. The van der Waals surface area contributed by atoms with Crippen LogP contribution in [0.25, 0.3) is 0 Å². The summed E-state index contributed by atoms with van der Waals surface area (Å²) >= 11 is 0. The minimum Gasteiger partial charge on any atom is -0.459 e. The van der Waals surface area contributed by atoms with E-state index in [-0.39, 0.29) is 24.4 Å². The van der Waals surface area contributed by atoms with Gasteiger partial charge in [0.25, 0.3) is 0 Å². The molecule has 4 heteroatoms. The van der Waals surface area contributed by atoms with Gasteiger partial charge in [-0.25, -0.2) is 4.39 Å². The van der Waals surface area contributed by atoms with Crippen LogP contribution in [-0.2, 0) is 9.53 Å². The molecule has 0 aliphatic rings. The largest absolute Gasteiger partial charge is 0.459 e. The molecule has 1 unspecified atom stereocenters. The number of carbonyl (C=O) groups is 1. The minimum absolute atomic E-state index is 0.0214. The number of carbonyl (C=O) groups excluding carboxylic acids is 1. The average molecular weight is 267 g/mol. The molecule has 0 aliphatic carbocycles. The highest BCUT2D eigenvalue weighted by atomic mass is 19.1. The Morgan fingerprint density at radius 1 is 1.32 bits per heavy atom. The van der Waals surface area contributed by atoms with Gasteiger partial charge in [-0.2, -0.15) is 0 Å². The molecule has 0 aliphatic heterocycles. The van der Waals surface area contributed by atoms with Gasteiger partial charge in [-0.3, -0.25) is 9.69 Å². The van der Waals surface area contributed by atoms with Gasteiger partial charge in [0, 0.05) is 6.04 Å². The van der Waals surface area contributed by atoms with E-state index < -0.39 is 5.60 Å². The van der Waals surface area contributed by atoms with Gasteiger partial charge >= 0.3 is 5.97 Å². The van der Waals surface area contributed by atoms with Crippen molar-refractivity contribution in [2.75, 3.05) is 13.6 Å². The predicted molar refractivity (Wildman–Crippen MR) is 73.3 cm³/mol. The molecule has 3 nitrogen and oxygen atoms in total. The second-order valence-corrected chi connectivity index (χ2v) is 5.73. The van der Waals surface area contributed by atoms with Crippen molar-refractivity contribution in [3.63, 3.8) is 0 Å². The second-order valence-electron chi connectivity index (χ2n) is 5.73. The van der Waals surface area contributed by atoms with Crippen molar-refractivity contribution in [1.82, 2.24) is 4.90 Å². The molecular weight excluding hydrogens is 245 g/mol. The molecule has 0 saturated carbocycles. The van der Waals surface area contributed by atoms with Gasteiger partial charge in [-0.1, -0.05) is 12.1 Å². The Hall–Kier alpha value is -1.42. The van der Waals surface area contributed by atoms with Gasteiger partial charge in [0.15, 0.2) is 0 Å². The van der Waals surface area contributed by atoms with E-state index in [0.717, 1.165) is 5.56 Å². The third kappa shape index (κ3) is 5.39. The summed E-state index contributed by atoms with van der Waals surface area (Å²) in [4.78, 5) is 13.6. The van der Waals surface area contributed by atoms with E-state index in [1.54, 1.807) is 12.1 Å². The van der Waals surface area contributed by atoms with Gasteiger partial charge in [-0.05, 0) is 52.4 Å². The Morgan fingerprint density at radius 3 is 2.32 bits per heavy atom. The fourth-order valence-electron chi connectivity index (χ4n) is 1.71. The number of likely N-dealkylation sites (N-methyl/N-ethyl adjacent to an activating group) is 1. The standard InChI is InChI=1S/C15H22FNO2/c1-11(12-6-8-13(16)9-7-12)17(5)10-14(18)19-15(2,3)4/h6-9,11H,10H2,1-5H3. The Morgan fingerprint density at radius 2 is 1.84 bits per heavy atom. The zero-order valence-corrected chi connectivity index (χ0v) is 12.2. The molecule has 0 fully saturated rings. The second kappa shape index (κ2) is 6.15. The van der Waals surface area contributed by atoms with Crippen molar-refractivity contribution in [2.45, 2.75) is 39.3 Å². The lowest BCUT2D eigenvalue weighted by Crippen LogP contribution is -2.34. The molecule has 0 amide bonds. The molecule has 0 saturated heterocycles. The van der Waals surface area contributed by atoms with Crippen molar-refractivity contribution in [3.05, 3.63) is 35.6 Å². The normalized spacial score (nSPS) is 13.4. The van der Waals surface area contributed by atoms with Crippen molar-refractivity contribution in [3.8, 4) is 0 Å². The molecule has 0 radical (unpaired) electrons. The lowest BCUT2D eigenvalue weighted by Gasteiger charge is -2.26. The molecule has 0 bridgehead atoms. The zero-order chi connectivity index (χ0) is 14.6. The summed E-state index contributed by atoms with van der Waals surface area (Å²) in [5.41, 5.74) is 0.490. The van der Waals surface area contributed by atoms with Gasteiger partial charge in [-0.15, -0.1) is 0 Å². The van der Waals surface area contributed by atoms with Gasteiger partial charge in [0.05, 0.1) is 6.54 Å². The highest BCUT2D eigenvalue weighted by molar-refractivity contribution is 5.72. The van der Waals surface area contributed by atoms with Crippen LogP contribution in [0.4, 0.5) is 4.39 Å². The molecule has 1 atom stereocenters. The Kier molecular flexibility index (Phi) is 5.06. The molecule has 1 aromatic rings. The van der Waals surface area contributed by atoms with Crippen molar-refractivity contribution in [2.24, 2.45) is 0 Å². The number of hydrogen-bond donors (Lipinski definition) is 0. The van der Waals surface area contributed by atoms with Gasteiger partial charge in [0.2, 0.25) is 0 Å². The highest BCUT2D eigenvalue weighted by Crippen LogP contribution is 2.19. The fourth-order valence-corrected chi connectivity index (χ4v) is 1.71. The van der Waals surface area contributed by atoms with E-state index in [0.29, 0.717) is 0 Å². The minimum atomic E-state index is -0.475. The number of halogens is 1. The lowest BCUT2D eigenvalue weighted by molar-refractivity contribution is -0.156. The van der Waals surface area contributed by atoms with Crippen LogP contribution in [0.5, 0.6) is 0 Å². The molecule has 0 N–H and O–H groups in total. The third-order valence-electron chi connectivity index (χ3n) is 2.81. The number of benzene rings is 1. The first-order valence-electron chi connectivity index (χ1n) is 6.36. The van der Waals surface area contributed by atoms with Gasteiger partial charge < -0.3 is 4.74 Å². The molecule has 19 heavy (non-hydrogen) atoms. The van der Waals surface area contributed by atoms with Crippen LogP contribution in [0.3, 0.4) is 0 Å². The van der Waals surface area contributed by atoms with Crippen LogP contribution in [-0.4, -0.2) is 30.1 Å². The highest BCUT2D eigenvalue weighted by Gasteiger charge is 2.20. The van der Waals surface area contributed by atoms with Crippen LogP contribution in [0.1, 0.15) is 39.3 Å². The van der Waals surface area contributed by atoms with E-state index >= 15 is 0 Å². The van der Waals surface area contributed by atoms with Crippen LogP contribution in [0.15, 0.2) is 24.3 Å². The van der Waals surface area contributed by atoms with E-state index in [9.17, 15) is 9.18 Å². The van der Waals surface area contributed by atoms with Crippen molar-refractivity contribution >= 4 is 5.97 Å². The van der Waals surface area contributed by atoms with E-state index in [2.05, 4.69) is 0 Å². The summed E-state index contributed by atoms with van der Waals surface area (Å²) in [6, 6.07) is 6.32. The first kappa shape index (κ1) is 15.6. The SMILES string of the molecule is CC(c1ccc(F)cc1)N(C)CC(=O)OC(C)(C)C. The summed E-state index contributed by atoms with van der Waals surface area (Å²) in [5.74, 6) is -0.519. The number of hydrogen-bond acceptors (Lipinski definition) is 3. The fraction of sp³-hybridized carbons (Fsp3) is 0.533. The number of rotatable bonds is 4. The van der Waals surface area contributed by atoms with Crippen molar-refractivity contribution in [1.29, 1.82) is 0 Å². The molecule has 0 heterocycles. The van der Waals surface area contributed by atoms with E-state index in [1.165, 1.54) is 12.1 Å². The predicted octanol–water partition coefficient (Wildman–Crippen LogP) is 3.16. The van der Waals surface area contributed by atoms with Crippen molar-refractivity contribution < 1.29 is 13.9 Å². The van der Waals surface area contributed by atoms with Gasteiger partial charge in [0.1, 0.15) is 11.4 Å². The van der Waals surface area contributed by atoms with Crippen LogP contribution >= 0.6 is 0 Å². The number of ether oxygens (including phenoxy) is 1. The Bertz CT molecular complexity index is 423. The summed E-state index contributed by atoms with van der Waals surface area (Å²) in [6.45, 7) is 7.70. The molecular formula is C15H22FNO2. The third-order valence-corrected chi connectivity index (χ3v) is 2.81. The Balaban J connectivity index is 2.60. The summed E-state index contributed by atoms with van der Waals surface area (Å²) < 4.78 is 18.1. The molecule has 1 rings (SSSR count). The lowest BCUT2D eigenvalue weighted by atomic mass is 10.1. The smallest absolute Gasteiger partial charge is 0.320 e. The van der Waals surface area contributed by atoms with E-state index in [1.807, 2.05) is 39.6 Å². The quantitative estimate of drug-likeness (QED) is 0.785. The first-order valence-corrected chi connectivity index (χ1v) is 6.36. The van der Waals surface area contributed by atoms with Crippen LogP contribution in [0, 0.1) is 5.82 Å².